The summed E-state index contributed by atoms with van der Waals surface area (Å²) in [5.74, 6) is 1.11. The van der Waals surface area contributed by atoms with E-state index < -0.39 is 0 Å². The van der Waals surface area contributed by atoms with Crippen LogP contribution in [0.15, 0.2) is 100 Å². The highest BCUT2D eigenvalue weighted by molar-refractivity contribution is 5.98. The predicted molar refractivity (Wildman–Crippen MR) is 118 cm³/mol. The summed E-state index contributed by atoms with van der Waals surface area (Å²) in [6, 6.07) is 30.0. The summed E-state index contributed by atoms with van der Waals surface area (Å²) in [5, 5.41) is 2.27. The van der Waals surface area contributed by atoms with E-state index in [1.165, 1.54) is 0 Å². The lowest BCUT2D eigenvalue weighted by Gasteiger charge is -2.10. The van der Waals surface area contributed by atoms with Gasteiger partial charge in [-0.15, -0.1) is 0 Å². The summed E-state index contributed by atoms with van der Waals surface area (Å²) in [6.45, 7) is 0.441. The number of aliphatic imine (C=N–C) groups is 1. The van der Waals surface area contributed by atoms with Gasteiger partial charge >= 0.3 is 0 Å². The van der Waals surface area contributed by atoms with Gasteiger partial charge in [0.25, 0.3) is 0 Å². The number of nitrogens with two attached hydrogens (primary N) is 1. The van der Waals surface area contributed by atoms with Crippen molar-refractivity contribution in [1.82, 2.24) is 4.98 Å². The first-order chi connectivity index (χ1) is 14.3. The van der Waals surface area contributed by atoms with Crippen LogP contribution in [0.2, 0.25) is 0 Å². The number of hydrogen-bond donors (Lipinski definition) is 1. The molecular weight excluding hydrogens is 358 g/mol. The van der Waals surface area contributed by atoms with E-state index in [1.54, 1.807) is 0 Å². The van der Waals surface area contributed by atoms with Crippen LogP contribution in [0.25, 0.3) is 33.3 Å². The van der Waals surface area contributed by atoms with Gasteiger partial charge in [-0.25, -0.2) is 4.98 Å². The van der Waals surface area contributed by atoms with Gasteiger partial charge in [0.05, 0.1) is 6.54 Å². The zero-order valence-corrected chi connectivity index (χ0v) is 15.7. The quantitative estimate of drug-likeness (QED) is 0.330. The highest BCUT2D eigenvalue weighted by atomic mass is 16.3. The van der Waals surface area contributed by atoms with E-state index in [-0.39, 0.29) is 0 Å². The molecule has 0 fully saturated rings. The topological polar surface area (TPSA) is 64.4 Å². The van der Waals surface area contributed by atoms with Crippen molar-refractivity contribution in [1.29, 1.82) is 0 Å². The molecule has 1 aromatic heterocycles. The molecule has 5 aromatic rings. The normalized spacial score (nSPS) is 11.9. The zero-order chi connectivity index (χ0) is 19.6. The van der Waals surface area contributed by atoms with Crippen LogP contribution in [-0.4, -0.2) is 10.8 Å². The molecule has 0 bridgehead atoms. The number of para-hydroxylation sites is 2. The number of benzene rings is 4. The van der Waals surface area contributed by atoms with Gasteiger partial charge in [0.1, 0.15) is 11.4 Å². The third-order valence-electron chi connectivity index (χ3n) is 5.04. The molecular formula is C25H19N3O. The maximum atomic E-state index is 6.25. The van der Waals surface area contributed by atoms with Crippen LogP contribution in [0.1, 0.15) is 11.1 Å². The van der Waals surface area contributed by atoms with Gasteiger partial charge in [0, 0.05) is 11.1 Å². The highest BCUT2D eigenvalue weighted by Crippen LogP contribution is 2.32. The Balaban J connectivity index is 1.65. The fraction of sp³-hybridized carbons (Fsp3) is 0.0400. The van der Waals surface area contributed by atoms with Crippen molar-refractivity contribution in [2.75, 3.05) is 0 Å². The van der Waals surface area contributed by atoms with Crippen molar-refractivity contribution < 1.29 is 4.42 Å². The second kappa shape index (κ2) is 7.24. The van der Waals surface area contributed by atoms with Crippen molar-refractivity contribution in [3.05, 3.63) is 102 Å². The number of nitrogens with zero attached hydrogens (tertiary/aromatic N) is 2. The molecule has 4 nitrogen and oxygen atoms in total. The Morgan fingerprint density at radius 3 is 2.45 bits per heavy atom. The molecule has 0 aliphatic carbocycles. The summed E-state index contributed by atoms with van der Waals surface area (Å²) in [6.07, 6.45) is 0. The molecule has 0 amide bonds. The monoisotopic (exact) mass is 377 g/mol. The smallest absolute Gasteiger partial charge is 0.227 e. The first-order valence-corrected chi connectivity index (χ1v) is 9.51. The minimum Gasteiger partial charge on any atom is -0.436 e. The second-order valence-corrected chi connectivity index (χ2v) is 6.87. The molecule has 0 aliphatic rings. The Kier molecular flexibility index (Phi) is 4.30. The Labute approximate surface area is 168 Å². The lowest BCUT2D eigenvalue weighted by molar-refractivity contribution is 0.619. The molecule has 0 spiro atoms. The summed E-state index contributed by atoms with van der Waals surface area (Å²) < 4.78 is 6.04. The number of hydrogen-bond acceptors (Lipinski definition) is 3. The minimum atomic E-state index is 0.441. The summed E-state index contributed by atoms with van der Waals surface area (Å²) in [5.41, 5.74) is 10.8. The standard InChI is InChI=1S/C25H19N3O/c26-24(18-9-2-1-3-10-18)27-16-21-19-11-5-4-8-17(19)14-15-20(21)25-28-22-12-6-7-13-23(22)29-25/h1-15H,16H2,(H2,26,27). The molecule has 4 heteroatoms. The van der Waals surface area contributed by atoms with E-state index in [4.69, 9.17) is 10.2 Å². The second-order valence-electron chi connectivity index (χ2n) is 6.87. The van der Waals surface area contributed by atoms with Crippen molar-refractivity contribution in [2.24, 2.45) is 10.7 Å². The zero-order valence-electron chi connectivity index (χ0n) is 15.7. The third kappa shape index (κ3) is 3.25. The molecule has 4 aromatic carbocycles. The largest absolute Gasteiger partial charge is 0.436 e. The molecule has 0 aliphatic heterocycles. The first-order valence-electron chi connectivity index (χ1n) is 9.51. The van der Waals surface area contributed by atoms with E-state index in [2.05, 4.69) is 34.2 Å². The van der Waals surface area contributed by atoms with E-state index in [9.17, 15) is 0 Å². The van der Waals surface area contributed by atoms with Crippen molar-refractivity contribution in [3.8, 4) is 11.5 Å². The lowest BCUT2D eigenvalue weighted by atomic mass is 9.98. The number of fused-ring (bicyclic) bond motifs is 2. The van der Waals surface area contributed by atoms with Crippen LogP contribution < -0.4 is 5.73 Å². The van der Waals surface area contributed by atoms with Gasteiger partial charge in [0.15, 0.2) is 5.58 Å². The fourth-order valence-electron chi connectivity index (χ4n) is 3.56. The van der Waals surface area contributed by atoms with Crippen LogP contribution in [0.4, 0.5) is 0 Å². The van der Waals surface area contributed by atoms with Crippen molar-refractivity contribution >= 4 is 27.7 Å². The van der Waals surface area contributed by atoms with Crippen LogP contribution >= 0.6 is 0 Å². The molecule has 29 heavy (non-hydrogen) atoms. The molecule has 0 unspecified atom stereocenters. The van der Waals surface area contributed by atoms with Crippen LogP contribution in [0.3, 0.4) is 0 Å². The third-order valence-corrected chi connectivity index (χ3v) is 5.04. The van der Waals surface area contributed by atoms with Crippen LogP contribution in [-0.2, 0) is 6.54 Å². The number of oxazole rings is 1. The summed E-state index contributed by atoms with van der Waals surface area (Å²) in [4.78, 5) is 9.37. The molecule has 0 radical (unpaired) electrons. The van der Waals surface area contributed by atoms with Gasteiger partial charge in [-0.1, -0.05) is 72.8 Å². The Bertz CT molecular complexity index is 1300. The van der Waals surface area contributed by atoms with Gasteiger partial charge < -0.3 is 10.2 Å². The van der Waals surface area contributed by atoms with Crippen molar-refractivity contribution in [3.63, 3.8) is 0 Å². The lowest BCUT2D eigenvalue weighted by Crippen LogP contribution is -2.13. The maximum Gasteiger partial charge on any atom is 0.227 e. The number of amidine groups is 1. The SMILES string of the molecule is NC(=NCc1c(-c2nc3ccccc3o2)ccc2ccccc12)c1ccccc1. The maximum absolute atomic E-state index is 6.25. The average Bonchev–Trinajstić information content (AvgIpc) is 3.21. The summed E-state index contributed by atoms with van der Waals surface area (Å²) in [7, 11) is 0. The van der Waals surface area contributed by atoms with Gasteiger partial charge in [-0.05, 0) is 34.5 Å². The van der Waals surface area contributed by atoms with E-state index in [0.717, 1.165) is 38.6 Å². The molecule has 1 heterocycles. The first kappa shape index (κ1) is 17.2. The predicted octanol–water partition coefficient (Wildman–Crippen LogP) is 5.55. The molecule has 0 saturated carbocycles. The highest BCUT2D eigenvalue weighted by Gasteiger charge is 2.15. The molecule has 140 valence electrons. The Morgan fingerprint density at radius 1 is 0.828 bits per heavy atom. The average molecular weight is 377 g/mol. The van der Waals surface area contributed by atoms with E-state index in [1.807, 2.05) is 66.7 Å². The fourth-order valence-corrected chi connectivity index (χ4v) is 3.56. The Hall–Kier alpha value is -3.92. The minimum absolute atomic E-state index is 0.441. The van der Waals surface area contributed by atoms with Crippen molar-refractivity contribution in [2.45, 2.75) is 6.54 Å². The number of aromatic nitrogens is 1. The van der Waals surface area contributed by atoms with Crippen LogP contribution in [0, 0.1) is 0 Å². The molecule has 2 N–H and O–H groups in total. The van der Waals surface area contributed by atoms with Gasteiger partial charge in [-0.2, -0.15) is 0 Å². The van der Waals surface area contributed by atoms with Gasteiger partial charge in [-0.3, -0.25) is 4.99 Å². The summed E-state index contributed by atoms with van der Waals surface area (Å²) >= 11 is 0. The molecule has 0 saturated heterocycles. The molecule has 0 atom stereocenters. The van der Waals surface area contributed by atoms with Crippen LogP contribution in [0.5, 0.6) is 0 Å². The molecule has 5 rings (SSSR count). The Morgan fingerprint density at radius 2 is 1.59 bits per heavy atom. The van der Waals surface area contributed by atoms with Gasteiger partial charge in [0.2, 0.25) is 5.89 Å². The van der Waals surface area contributed by atoms with E-state index >= 15 is 0 Å². The number of rotatable bonds is 4. The van der Waals surface area contributed by atoms with E-state index in [0.29, 0.717) is 18.3 Å².